The second-order valence-electron chi connectivity index (χ2n) is 3.64. The van der Waals surface area contributed by atoms with Crippen molar-refractivity contribution >= 4 is 5.82 Å². The third-order valence-corrected chi connectivity index (χ3v) is 2.48. The highest BCUT2D eigenvalue weighted by Gasteiger charge is 2.09. The smallest absolute Gasteiger partial charge is 0.126 e. The van der Waals surface area contributed by atoms with E-state index in [0.717, 1.165) is 11.1 Å². The molecule has 0 bridgehead atoms. The molecule has 4 N–H and O–H groups in total. The normalized spacial score (nSPS) is 12.3. The Bertz CT molecular complexity index is 456. The van der Waals surface area contributed by atoms with Gasteiger partial charge >= 0.3 is 0 Å². The fourth-order valence-corrected chi connectivity index (χ4v) is 1.57. The standard InChI is InChI=1S/C12H14N4/c13-11(10-4-1-5-15-8-10)7-9-3-2-6-16-12(9)14/h1-6,8,11H,7,13H2,(H2,14,16). The van der Waals surface area contributed by atoms with Crippen molar-refractivity contribution in [2.24, 2.45) is 5.73 Å². The molecule has 2 rings (SSSR count). The Morgan fingerprint density at radius 3 is 2.69 bits per heavy atom. The first-order valence-corrected chi connectivity index (χ1v) is 5.12. The first-order valence-electron chi connectivity index (χ1n) is 5.12. The third-order valence-electron chi connectivity index (χ3n) is 2.48. The number of aromatic nitrogens is 2. The molecule has 0 aliphatic carbocycles. The van der Waals surface area contributed by atoms with E-state index in [2.05, 4.69) is 9.97 Å². The van der Waals surface area contributed by atoms with E-state index in [1.54, 1.807) is 18.6 Å². The summed E-state index contributed by atoms with van der Waals surface area (Å²) in [5.41, 5.74) is 13.8. The number of hydrogen-bond donors (Lipinski definition) is 2. The summed E-state index contributed by atoms with van der Waals surface area (Å²) < 4.78 is 0. The fourth-order valence-electron chi connectivity index (χ4n) is 1.57. The summed E-state index contributed by atoms with van der Waals surface area (Å²) in [7, 11) is 0. The number of pyridine rings is 2. The maximum Gasteiger partial charge on any atom is 0.126 e. The molecule has 0 spiro atoms. The summed E-state index contributed by atoms with van der Waals surface area (Å²) in [5, 5.41) is 0. The van der Waals surface area contributed by atoms with Crippen LogP contribution in [0.4, 0.5) is 5.82 Å². The molecule has 0 radical (unpaired) electrons. The molecule has 16 heavy (non-hydrogen) atoms. The average Bonchev–Trinajstić information content (AvgIpc) is 2.33. The van der Waals surface area contributed by atoms with Crippen molar-refractivity contribution in [3.63, 3.8) is 0 Å². The second kappa shape index (κ2) is 4.72. The second-order valence-corrected chi connectivity index (χ2v) is 3.64. The van der Waals surface area contributed by atoms with Gasteiger partial charge in [0.05, 0.1) is 0 Å². The zero-order valence-corrected chi connectivity index (χ0v) is 8.88. The fraction of sp³-hybridized carbons (Fsp3) is 0.167. The van der Waals surface area contributed by atoms with Crippen molar-refractivity contribution in [2.45, 2.75) is 12.5 Å². The van der Waals surface area contributed by atoms with Crippen LogP contribution in [-0.2, 0) is 6.42 Å². The number of anilines is 1. The van der Waals surface area contributed by atoms with Crippen LogP contribution in [0.3, 0.4) is 0 Å². The summed E-state index contributed by atoms with van der Waals surface area (Å²) >= 11 is 0. The molecule has 2 heterocycles. The monoisotopic (exact) mass is 214 g/mol. The van der Waals surface area contributed by atoms with Gasteiger partial charge < -0.3 is 11.5 Å². The molecule has 0 aromatic carbocycles. The van der Waals surface area contributed by atoms with Crippen LogP contribution in [0.2, 0.25) is 0 Å². The van der Waals surface area contributed by atoms with Crippen LogP contribution in [-0.4, -0.2) is 9.97 Å². The molecule has 0 saturated heterocycles. The van der Waals surface area contributed by atoms with Gasteiger partial charge in [0.2, 0.25) is 0 Å². The molecule has 2 aromatic heterocycles. The van der Waals surface area contributed by atoms with Crippen LogP contribution < -0.4 is 11.5 Å². The van der Waals surface area contributed by atoms with Gasteiger partial charge in [0, 0.05) is 24.6 Å². The summed E-state index contributed by atoms with van der Waals surface area (Å²) in [4.78, 5) is 8.08. The lowest BCUT2D eigenvalue weighted by atomic mass is 10.0. The highest BCUT2D eigenvalue weighted by Crippen LogP contribution is 2.17. The summed E-state index contributed by atoms with van der Waals surface area (Å²) in [6.45, 7) is 0. The molecular weight excluding hydrogens is 200 g/mol. The van der Waals surface area contributed by atoms with E-state index in [4.69, 9.17) is 11.5 Å². The Kier molecular flexibility index (Phi) is 3.12. The van der Waals surface area contributed by atoms with Crippen molar-refractivity contribution in [3.8, 4) is 0 Å². The SMILES string of the molecule is Nc1ncccc1CC(N)c1cccnc1. The average molecular weight is 214 g/mol. The van der Waals surface area contributed by atoms with Crippen LogP contribution in [0, 0.1) is 0 Å². The predicted octanol–water partition coefficient (Wildman–Crippen LogP) is 1.30. The van der Waals surface area contributed by atoms with E-state index in [9.17, 15) is 0 Å². The Balaban J connectivity index is 2.14. The minimum Gasteiger partial charge on any atom is -0.383 e. The lowest BCUT2D eigenvalue weighted by Gasteiger charge is -2.12. The zero-order valence-electron chi connectivity index (χ0n) is 8.88. The Labute approximate surface area is 94.3 Å². The van der Waals surface area contributed by atoms with Gasteiger partial charge in [-0.1, -0.05) is 12.1 Å². The van der Waals surface area contributed by atoms with Crippen LogP contribution in [0.5, 0.6) is 0 Å². The maximum absolute atomic E-state index is 6.07. The Morgan fingerprint density at radius 2 is 2.00 bits per heavy atom. The van der Waals surface area contributed by atoms with Gasteiger partial charge in [0.15, 0.2) is 0 Å². The van der Waals surface area contributed by atoms with Gasteiger partial charge in [-0.15, -0.1) is 0 Å². The maximum atomic E-state index is 6.07. The highest BCUT2D eigenvalue weighted by atomic mass is 14.8. The number of nitrogen functional groups attached to an aromatic ring is 1. The molecule has 2 aromatic rings. The molecule has 0 aliphatic rings. The Hall–Kier alpha value is -1.94. The lowest BCUT2D eigenvalue weighted by Crippen LogP contribution is -2.14. The number of hydrogen-bond acceptors (Lipinski definition) is 4. The van der Waals surface area contributed by atoms with Gasteiger partial charge in [-0.25, -0.2) is 4.98 Å². The minimum atomic E-state index is -0.0970. The Morgan fingerprint density at radius 1 is 1.19 bits per heavy atom. The number of rotatable bonds is 3. The number of nitrogens with zero attached hydrogens (tertiary/aromatic N) is 2. The summed E-state index contributed by atoms with van der Waals surface area (Å²) in [6.07, 6.45) is 5.85. The molecule has 4 nitrogen and oxygen atoms in total. The van der Waals surface area contributed by atoms with Crippen LogP contribution in [0.1, 0.15) is 17.2 Å². The van der Waals surface area contributed by atoms with Crippen molar-refractivity contribution in [2.75, 3.05) is 5.73 Å². The lowest BCUT2D eigenvalue weighted by molar-refractivity contribution is 0.717. The van der Waals surface area contributed by atoms with E-state index in [1.165, 1.54) is 0 Å². The van der Waals surface area contributed by atoms with Crippen molar-refractivity contribution in [3.05, 3.63) is 54.0 Å². The van der Waals surface area contributed by atoms with Crippen LogP contribution in [0.15, 0.2) is 42.9 Å². The van der Waals surface area contributed by atoms with Gasteiger partial charge in [-0.3, -0.25) is 4.98 Å². The van der Waals surface area contributed by atoms with E-state index < -0.39 is 0 Å². The van der Waals surface area contributed by atoms with E-state index in [1.807, 2.05) is 24.3 Å². The van der Waals surface area contributed by atoms with Gasteiger partial charge in [-0.05, 0) is 29.7 Å². The van der Waals surface area contributed by atoms with Crippen molar-refractivity contribution < 1.29 is 0 Å². The van der Waals surface area contributed by atoms with E-state index >= 15 is 0 Å². The van der Waals surface area contributed by atoms with E-state index in [-0.39, 0.29) is 6.04 Å². The minimum absolute atomic E-state index is 0.0970. The summed E-state index contributed by atoms with van der Waals surface area (Å²) in [5.74, 6) is 0.543. The molecule has 0 saturated carbocycles. The molecule has 4 heteroatoms. The van der Waals surface area contributed by atoms with Crippen molar-refractivity contribution in [1.29, 1.82) is 0 Å². The molecule has 82 valence electrons. The highest BCUT2D eigenvalue weighted by molar-refractivity contribution is 5.39. The molecule has 1 atom stereocenters. The number of nitrogens with two attached hydrogens (primary N) is 2. The largest absolute Gasteiger partial charge is 0.383 e. The van der Waals surface area contributed by atoms with Crippen LogP contribution in [0.25, 0.3) is 0 Å². The summed E-state index contributed by atoms with van der Waals surface area (Å²) in [6, 6.07) is 7.55. The van der Waals surface area contributed by atoms with Crippen LogP contribution >= 0.6 is 0 Å². The van der Waals surface area contributed by atoms with E-state index in [0.29, 0.717) is 12.2 Å². The topological polar surface area (TPSA) is 77.8 Å². The van der Waals surface area contributed by atoms with Crippen molar-refractivity contribution in [1.82, 2.24) is 9.97 Å². The third kappa shape index (κ3) is 2.35. The molecule has 1 unspecified atom stereocenters. The predicted molar refractivity (Wildman–Crippen MR) is 63.5 cm³/mol. The van der Waals surface area contributed by atoms with Gasteiger partial charge in [0.1, 0.15) is 5.82 Å². The first kappa shape index (κ1) is 10.6. The molecule has 0 fully saturated rings. The van der Waals surface area contributed by atoms with Gasteiger partial charge in [-0.2, -0.15) is 0 Å². The molecular formula is C12H14N4. The first-order chi connectivity index (χ1) is 7.77. The quantitative estimate of drug-likeness (QED) is 0.807. The molecule has 0 amide bonds. The van der Waals surface area contributed by atoms with Gasteiger partial charge in [0.25, 0.3) is 0 Å². The zero-order chi connectivity index (χ0) is 11.4. The molecule has 0 aliphatic heterocycles.